The third-order valence-corrected chi connectivity index (χ3v) is 3.93. The van der Waals surface area contributed by atoms with Crippen LogP contribution in [0, 0.1) is 0 Å². The molecule has 0 aliphatic heterocycles. The monoisotopic (exact) mass is 408 g/mol. The SMILES string of the molecule is O=C(O)C(F)(F)F.O=c1ccc2ccc(CCNCc3ccccc3O)cc2[nH]1. The molecule has 0 amide bonds. The van der Waals surface area contributed by atoms with E-state index >= 15 is 0 Å². The van der Waals surface area contributed by atoms with Gasteiger partial charge in [0.1, 0.15) is 5.75 Å². The highest BCUT2D eigenvalue weighted by Gasteiger charge is 2.38. The van der Waals surface area contributed by atoms with Crippen molar-refractivity contribution in [3.8, 4) is 5.75 Å². The highest BCUT2D eigenvalue weighted by molar-refractivity contribution is 5.78. The summed E-state index contributed by atoms with van der Waals surface area (Å²) in [5.41, 5.74) is 2.84. The summed E-state index contributed by atoms with van der Waals surface area (Å²) in [6.07, 6.45) is -4.22. The normalized spacial score (nSPS) is 11.0. The number of carbonyl (C=O) groups is 1. The summed E-state index contributed by atoms with van der Waals surface area (Å²) in [5, 5.41) is 21.2. The van der Waals surface area contributed by atoms with Gasteiger partial charge in [-0.2, -0.15) is 13.2 Å². The van der Waals surface area contributed by atoms with Gasteiger partial charge in [-0.15, -0.1) is 0 Å². The van der Waals surface area contributed by atoms with Crippen molar-refractivity contribution in [1.29, 1.82) is 0 Å². The maximum Gasteiger partial charge on any atom is 0.490 e. The molecule has 0 aliphatic rings. The second-order valence-electron chi connectivity index (χ2n) is 6.10. The van der Waals surface area contributed by atoms with Crippen molar-refractivity contribution < 1.29 is 28.2 Å². The number of hydrogen-bond acceptors (Lipinski definition) is 4. The molecule has 29 heavy (non-hydrogen) atoms. The summed E-state index contributed by atoms with van der Waals surface area (Å²) >= 11 is 0. The summed E-state index contributed by atoms with van der Waals surface area (Å²) < 4.78 is 31.7. The van der Waals surface area contributed by atoms with Crippen LogP contribution in [0.4, 0.5) is 13.2 Å². The number of phenols is 1. The maximum atomic E-state index is 11.4. The molecule has 0 aliphatic carbocycles. The number of phenolic OH excluding ortho intramolecular Hbond substituents is 1. The van der Waals surface area contributed by atoms with Crippen molar-refractivity contribution in [2.45, 2.75) is 19.1 Å². The topological polar surface area (TPSA) is 102 Å². The van der Waals surface area contributed by atoms with Crippen LogP contribution in [0.1, 0.15) is 11.1 Å². The first kappa shape index (κ1) is 22.0. The lowest BCUT2D eigenvalue weighted by molar-refractivity contribution is -0.192. The molecule has 0 fully saturated rings. The molecule has 6 nitrogen and oxygen atoms in total. The Bertz CT molecular complexity index is 1030. The van der Waals surface area contributed by atoms with E-state index in [2.05, 4.69) is 16.4 Å². The first-order valence-corrected chi connectivity index (χ1v) is 8.56. The minimum atomic E-state index is -5.08. The van der Waals surface area contributed by atoms with Gasteiger partial charge in [0.05, 0.1) is 0 Å². The van der Waals surface area contributed by atoms with Gasteiger partial charge in [0.2, 0.25) is 5.56 Å². The Morgan fingerprint density at radius 3 is 2.38 bits per heavy atom. The predicted octanol–water partition coefficient (Wildman–Crippen LogP) is 3.20. The van der Waals surface area contributed by atoms with Crippen LogP contribution in [-0.2, 0) is 17.8 Å². The molecule has 0 unspecified atom stereocenters. The van der Waals surface area contributed by atoms with Gasteiger partial charge < -0.3 is 20.5 Å². The minimum Gasteiger partial charge on any atom is -0.508 e. The molecule has 0 atom stereocenters. The summed E-state index contributed by atoms with van der Waals surface area (Å²) in [6.45, 7) is 1.44. The molecule has 9 heteroatoms. The molecule has 0 radical (unpaired) electrons. The van der Waals surface area contributed by atoms with Crippen LogP contribution >= 0.6 is 0 Å². The first-order valence-electron chi connectivity index (χ1n) is 8.56. The van der Waals surface area contributed by atoms with Crippen molar-refractivity contribution in [1.82, 2.24) is 10.3 Å². The predicted molar refractivity (Wildman–Crippen MR) is 102 cm³/mol. The number of aromatic amines is 1. The van der Waals surface area contributed by atoms with Crippen LogP contribution in [0.25, 0.3) is 10.9 Å². The molecule has 0 bridgehead atoms. The Labute approximate surface area is 163 Å². The van der Waals surface area contributed by atoms with E-state index in [-0.39, 0.29) is 5.56 Å². The largest absolute Gasteiger partial charge is 0.508 e. The zero-order valence-corrected chi connectivity index (χ0v) is 15.2. The molecule has 1 heterocycles. The van der Waals surface area contributed by atoms with E-state index in [9.17, 15) is 23.1 Å². The number of nitrogens with one attached hydrogen (secondary N) is 2. The lowest BCUT2D eigenvalue weighted by atomic mass is 10.1. The van der Waals surface area contributed by atoms with Gasteiger partial charge in [-0.25, -0.2) is 4.79 Å². The van der Waals surface area contributed by atoms with E-state index in [0.717, 1.165) is 29.4 Å². The highest BCUT2D eigenvalue weighted by atomic mass is 19.4. The van der Waals surface area contributed by atoms with Gasteiger partial charge in [-0.1, -0.05) is 30.3 Å². The van der Waals surface area contributed by atoms with Gasteiger partial charge in [0.15, 0.2) is 0 Å². The van der Waals surface area contributed by atoms with E-state index in [0.29, 0.717) is 12.3 Å². The van der Waals surface area contributed by atoms with Gasteiger partial charge in [-0.3, -0.25) is 4.79 Å². The van der Waals surface area contributed by atoms with Crippen molar-refractivity contribution in [3.05, 3.63) is 76.1 Å². The first-order chi connectivity index (χ1) is 13.7. The molecule has 4 N–H and O–H groups in total. The van der Waals surface area contributed by atoms with Crippen molar-refractivity contribution in [2.24, 2.45) is 0 Å². The second-order valence-corrected chi connectivity index (χ2v) is 6.10. The molecule has 2 aromatic carbocycles. The highest BCUT2D eigenvalue weighted by Crippen LogP contribution is 2.15. The molecule has 0 spiro atoms. The van der Waals surface area contributed by atoms with Gasteiger partial charge in [-0.05, 0) is 42.1 Å². The Kier molecular flexibility index (Phi) is 7.38. The van der Waals surface area contributed by atoms with Crippen molar-refractivity contribution in [2.75, 3.05) is 6.54 Å². The molecule has 0 saturated heterocycles. The molecular formula is C20H19F3N2O4. The van der Waals surface area contributed by atoms with Gasteiger partial charge in [0, 0.05) is 23.7 Å². The Hall–Kier alpha value is -3.33. The third kappa shape index (κ3) is 6.96. The quantitative estimate of drug-likeness (QED) is 0.486. The summed E-state index contributed by atoms with van der Waals surface area (Å²) in [6, 6.07) is 16.8. The zero-order valence-electron chi connectivity index (χ0n) is 15.2. The molecule has 3 aromatic rings. The Morgan fingerprint density at radius 2 is 1.72 bits per heavy atom. The molecule has 1 aromatic heterocycles. The lowest BCUT2D eigenvalue weighted by Crippen LogP contribution is -2.21. The maximum absolute atomic E-state index is 11.4. The number of fused-ring (bicyclic) bond motifs is 1. The minimum absolute atomic E-state index is 0.0812. The molecule has 154 valence electrons. The number of aromatic nitrogens is 1. The van der Waals surface area contributed by atoms with Crippen LogP contribution < -0.4 is 10.9 Å². The number of halogens is 3. The van der Waals surface area contributed by atoms with Gasteiger partial charge in [0.25, 0.3) is 0 Å². The smallest absolute Gasteiger partial charge is 0.490 e. The average Bonchev–Trinajstić information content (AvgIpc) is 2.66. The van der Waals surface area contributed by atoms with Crippen molar-refractivity contribution >= 4 is 16.9 Å². The number of alkyl halides is 3. The number of benzene rings is 2. The van der Waals surface area contributed by atoms with Crippen molar-refractivity contribution in [3.63, 3.8) is 0 Å². The zero-order chi connectivity index (χ0) is 21.4. The fraction of sp³-hybridized carbons (Fsp3) is 0.200. The fourth-order valence-corrected chi connectivity index (χ4v) is 2.47. The second kappa shape index (κ2) is 9.74. The summed E-state index contributed by atoms with van der Waals surface area (Å²) in [7, 11) is 0. The summed E-state index contributed by atoms with van der Waals surface area (Å²) in [5.74, 6) is -2.44. The number of carboxylic acid groups (broad SMARTS) is 1. The number of H-pyrrole nitrogens is 1. The van der Waals surface area contributed by atoms with Crippen LogP contribution in [-0.4, -0.2) is 33.9 Å². The van der Waals surface area contributed by atoms with E-state index in [4.69, 9.17) is 9.90 Å². The standard InChI is InChI=1S/C18H18N2O2.C2HF3O2/c21-17-4-2-1-3-15(17)12-19-10-9-13-5-6-14-7-8-18(22)20-16(14)11-13;3-2(4,5)1(6)7/h1-8,11,19,21H,9-10,12H2,(H,20,22);(H,6,7). The Morgan fingerprint density at radius 1 is 1.07 bits per heavy atom. The number of hydrogen-bond donors (Lipinski definition) is 4. The average molecular weight is 408 g/mol. The van der Waals surface area contributed by atoms with Crippen LogP contribution in [0.3, 0.4) is 0 Å². The Balaban J connectivity index is 0.000000370. The molecule has 3 rings (SSSR count). The van der Waals surface area contributed by atoms with Crippen LogP contribution in [0.2, 0.25) is 0 Å². The summed E-state index contributed by atoms with van der Waals surface area (Å²) in [4.78, 5) is 23.1. The number of rotatable bonds is 5. The van der Waals surface area contributed by atoms with Gasteiger partial charge >= 0.3 is 12.1 Å². The van der Waals surface area contributed by atoms with Crippen LogP contribution in [0.15, 0.2) is 59.4 Å². The third-order valence-electron chi connectivity index (χ3n) is 3.93. The van der Waals surface area contributed by atoms with E-state index in [1.807, 2.05) is 36.4 Å². The van der Waals surface area contributed by atoms with E-state index in [1.54, 1.807) is 6.07 Å². The van der Waals surface area contributed by atoms with Crippen LogP contribution in [0.5, 0.6) is 5.75 Å². The van der Waals surface area contributed by atoms with E-state index < -0.39 is 12.1 Å². The number of pyridine rings is 1. The van der Waals surface area contributed by atoms with E-state index in [1.165, 1.54) is 11.6 Å². The molecule has 0 saturated carbocycles. The molecular weight excluding hydrogens is 389 g/mol. The number of para-hydroxylation sites is 1. The fourth-order valence-electron chi connectivity index (χ4n) is 2.47. The number of carboxylic acids is 1. The lowest BCUT2D eigenvalue weighted by Gasteiger charge is -2.07. The number of aromatic hydroxyl groups is 1. The number of aliphatic carboxylic acids is 1.